The molecule has 0 aliphatic carbocycles. The van der Waals surface area contributed by atoms with Crippen LogP contribution in [0.15, 0.2) is 136 Å². The summed E-state index contributed by atoms with van der Waals surface area (Å²) in [6.07, 6.45) is 1.51. The minimum atomic E-state index is -0.758. The minimum absolute atomic E-state index is 0.0731. The van der Waals surface area contributed by atoms with Crippen molar-refractivity contribution in [2.75, 3.05) is 10.6 Å². The topological polar surface area (TPSA) is 87.3 Å². The summed E-state index contributed by atoms with van der Waals surface area (Å²) < 4.78 is 15.2. The van der Waals surface area contributed by atoms with Crippen LogP contribution in [-0.4, -0.2) is 17.7 Å². The number of halogens is 3. The molecule has 0 unspecified atom stereocenters. The molecule has 0 aliphatic heterocycles. The lowest BCUT2D eigenvalue weighted by Crippen LogP contribution is -2.31. The summed E-state index contributed by atoms with van der Waals surface area (Å²) in [4.78, 5) is 40.6. The first-order chi connectivity index (χ1) is 22.7. The number of amides is 3. The van der Waals surface area contributed by atoms with E-state index in [1.165, 1.54) is 36.0 Å². The van der Waals surface area contributed by atoms with Crippen molar-refractivity contribution >= 4 is 74.5 Å². The first-order valence-corrected chi connectivity index (χ1v) is 16.4. The van der Waals surface area contributed by atoms with Gasteiger partial charge in [0.2, 0.25) is 5.91 Å². The highest BCUT2D eigenvalue weighted by Gasteiger charge is 2.23. The number of benzene rings is 5. The average Bonchev–Trinajstić information content (AvgIpc) is 3.07. The van der Waals surface area contributed by atoms with Gasteiger partial charge < -0.3 is 16.0 Å². The molecule has 0 radical (unpaired) electrons. The summed E-state index contributed by atoms with van der Waals surface area (Å²) in [6.45, 7) is 1.89. The number of carbonyl (C=O) groups excluding carboxylic acids is 3. The molecule has 3 N–H and O–H groups in total. The summed E-state index contributed by atoms with van der Waals surface area (Å²) in [5.74, 6) is -2.28. The van der Waals surface area contributed by atoms with E-state index in [0.717, 1.165) is 20.5 Å². The molecule has 236 valence electrons. The Hall–Kier alpha value is -4.70. The Bertz CT molecular complexity index is 1940. The third-order valence-corrected chi connectivity index (χ3v) is 9.14. The lowest BCUT2D eigenvalue weighted by atomic mass is 10.1. The van der Waals surface area contributed by atoms with E-state index in [-0.39, 0.29) is 17.2 Å². The molecule has 0 heterocycles. The van der Waals surface area contributed by atoms with Crippen LogP contribution in [0.25, 0.3) is 6.08 Å². The van der Waals surface area contributed by atoms with Crippen molar-refractivity contribution < 1.29 is 18.8 Å². The molecule has 3 amide bonds. The number of carbonyl (C=O) groups is 3. The lowest BCUT2D eigenvalue weighted by molar-refractivity contribution is -0.116. The van der Waals surface area contributed by atoms with Gasteiger partial charge in [0.25, 0.3) is 11.8 Å². The number of rotatable bonds is 10. The Balaban J connectivity index is 1.33. The van der Waals surface area contributed by atoms with Gasteiger partial charge in [0.1, 0.15) is 16.8 Å². The second kappa shape index (κ2) is 15.7. The van der Waals surface area contributed by atoms with Crippen LogP contribution in [-0.2, 0) is 9.59 Å². The van der Waals surface area contributed by atoms with Crippen LogP contribution in [0.5, 0.6) is 0 Å². The van der Waals surface area contributed by atoms with Crippen LogP contribution in [0.1, 0.15) is 32.3 Å². The highest BCUT2D eigenvalue weighted by molar-refractivity contribution is 9.10. The van der Waals surface area contributed by atoms with Crippen molar-refractivity contribution in [2.45, 2.75) is 17.1 Å². The second-order valence-corrected chi connectivity index (χ2v) is 12.9. The number of anilines is 2. The fourth-order valence-corrected chi connectivity index (χ4v) is 5.92. The van der Waals surface area contributed by atoms with Crippen LogP contribution in [0.4, 0.5) is 15.8 Å². The quantitative estimate of drug-likeness (QED) is 0.0988. The van der Waals surface area contributed by atoms with Crippen molar-refractivity contribution in [2.24, 2.45) is 0 Å². The minimum Gasteiger partial charge on any atom is -0.325 e. The van der Waals surface area contributed by atoms with Crippen molar-refractivity contribution in [3.05, 3.63) is 165 Å². The zero-order valence-corrected chi connectivity index (χ0v) is 28.1. The molecule has 6 nitrogen and oxygen atoms in total. The zero-order valence-electron chi connectivity index (χ0n) is 25.0. The number of hydrogen-bond acceptors (Lipinski definition) is 4. The number of aryl methyl sites for hydroxylation is 1. The molecule has 10 heteroatoms. The van der Waals surface area contributed by atoms with Gasteiger partial charge in [-0.2, -0.15) is 0 Å². The summed E-state index contributed by atoms with van der Waals surface area (Å²) in [6, 6.07) is 34.5. The predicted octanol–water partition coefficient (Wildman–Crippen LogP) is 9.43. The third-order valence-electron chi connectivity index (χ3n) is 6.94. The van der Waals surface area contributed by atoms with E-state index in [2.05, 4.69) is 31.9 Å². The molecule has 0 bridgehead atoms. The highest BCUT2D eigenvalue weighted by Crippen LogP contribution is 2.37. The van der Waals surface area contributed by atoms with Crippen LogP contribution in [0.2, 0.25) is 5.02 Å². The highest BCUT2D eigenvalue weighted by atomic mass is 79.9. The SMILES string of the molecule is Cc1ccc(NC(=O)[C@H](Sc2ccc(NC(=O)/C(=C\c3ccc(Br)cc3)NC(=O)c3ccccc3F)cc2)c2ccccc2)cc1Cl. The van der Waals surface area contributed by atoms with Gasteiger partial charge in [-0.15, -0.1) is 11.8 Å². The fraction of sp³-hybridized carbons (Fsp3) is 0.0541. The summed E-state index contributed by atoms with van der Waals surface area (Å²) in [7, 11) is 0. The van der Waals surface area contributed by atoms with E-state index in [9.17, 15) is 18.8 Å². The largest absolute Gasteiger partial charge is 0.325 e. The third kappa shape index (κ3) is 9.19. The first kappa shape index (κ1) is 33.7. The van der Waals surface area contributed by atoms with Gasteiger partial charge in [-0.05, 0) is 90.4 Å². The molecule has 0 saturated carbocycles. The summed E-state index contributed by atoms with van der Waals surface area (Å²) >= 11 is 11.0. The van der Waals surface area contributed by atoms with Gasteiger partial charge >= 0.3 is 0 Å². The molecule has 5 rings (SSSR count). The molecule has 47 heavy (non-hydrogen) atoms. The number of nitrogens with one attached hydrogen (secondary N) is 3. The van der Waals surface area contributed by atoms with E-state index < -0.39 is 22.9 Å². The van der Waals surface area contributed by atoms with Crippen LogP contribution in [0, 0.1) is 12.7 Å². The fourth-order valence-electron chi connectivity index (χ4n) is 4.45. The normalized spacial score (nSPS) is 11.8. The van der Waals surface area contributed by atoms with E-state index in [0.29, 0.717) is 22.0 Å². The van der Waals surface area contributed by atoms with Gasteiger partial charge in [0.05, 0.1) is 5.56 Å². The van der Waals surface area contributed by atoms with E-state index in [1.54, 1.807) is 60.7 Å². The average molecular weight is 729 g/mol. The molecule has 0 spiro atoms. The predicted molar refractivity (Wildman–Crippen MR) is 191 cm³/mol. The maximum Gasteiger partial charge on any atom is 0.272 e. The molecule has 0 saturated heterocycles. The maximum atomic E-state index is 14.3. The number of hydrogen-bond donors (Lipinski definition) is 3. The van der Waals surface area contributed by atoms with Crippen LogP contribution in [0.3, 0.4) is 0 Å². The Morgan fingerprint density at radius 1 is 0.809 bits per heavy atom. The monoisotopic (exact) mass is 727 g/mol. The van der Waals surface area contributed by atoms with E-state index >= 15 is 0 Å². The van der Waals surface area contributed by atoms with Gasteiger partial charge in [0, 0.05) is 25.8 Å². The van der Waals surface area contributed by atoms with Gasteiger partial charge in [-0.3, -0.25) is 14.4 Å². The smallest absolute Gasteiger partial charge is 0.272 e. The Morgan fingerprint density at radius 2 is 1.47 bits per heavy atom. The van der Waals surface area contributed by atoms with Gasteiger partial charge in [0.15, 0.2) is 0 Å². The number of thioether (sulfide) groups is 1. The Kier molecular flexibility index (Phi) is 11.3. The zero-order chi connectivity index (χ0) is 33.3. The molecule has 0 aromatic heterocycles. The van der Waals surface area contributed by atoms with Gasteiger partial charge in [-0.1, -0.05) is 88.2 Å². The van der Waals surface area contributed by atoms with Crippen molar-refractivity contribution in [1.82, 2.24) is 5.32 Å². The van der Waals surface area contributed by atoms with E-state index in [1.807, 2.05) is 49.4 Å². The molecule has 5 aromatic rings. The lowest BCUT2D eigenvalue weighted by Gasteiger charge is -2.18. The molecular weight excluding hydrogens is 701 g/mol. The van der Waals surface area contributed by atoms with Crippen LogP contribution < -0.4 is 16.0 Å². The summed E-state index contributed by atoms with van der Waals surface area (Å²) in [5, 5.41) is 8.30. The molecular formula is C37H28BrClFN3O3S. The standard InChI is InChI=1S/C37H28BrClFN3O3S/c1-23-11-16-28(22-31(23)39)42-37(46)34(25-7-3-2-4-8-25)47-29-19-17-27(18-20-29)41-36(45)33(21-24-12-14-26(38)15-13-24)43-35(44)30-9-5-6-10-32(30)40/h2-22,34H,1H3,(H,41,45)(H,42,46)(H,43,44)/b33-21+/t34-/m1/s1. The molecule has 5 aromatic carbocycles. The molecule has 1 atom stereocenters. The van der Waals surface area contributed by atoms with Gasteiger partial charge in [-0.25, -0.2) is 4.39 Å². The Labute approximate surface area is 289 Å². The Morgan fingerprint density at radius 3 is 2.15 bits per heavy atom. The van der Waals surface area contributed by atoms with Crippen molar-refractivity contribution in [3.63, 3.8) is 0 Å². The first-order valence-electron chi connectivity index (χ1n) is 14.4. The van der Waals surface area contributed by atoms with Crippen molar-refractivity contribution in [3.8, 4) is 0 Å². The summed E-state index contributed by atoms with van der Waals surface area (Å²) in [5.41, 5.74) is 3.17. The van der Waals surface area contributed by atoms with E-state index in [4.69, 9.17) is 11.6 Å². The second-order valence-electron chi connectivity index (χ2n) is 10.4. The van der Waals surface area contributed by atoms with Crippen LogP contribution >= 0.6 is 39.3 Å². The molecule has 0 fully saturated rings. The van der Waals surface area contributed by atoms with Crippen molar-refractivity contribution in [1.29, 1.82) is 0 Å². The maximum absolute atomic E-state index is 14.3. The molecule has 0 aliphatic rings.